The quantitative estimate of drug-likeness (QED) is 0.466. The van der Waals surface area contributed by atoms with Gasteiger partial charge in [0.05, 0.1) is 10.9 Å². The average molecular weight is 374 g/mol. The SMILES string of the molecule is O=C(C[C@@H]1C[C@H]2CC[C@@H]1C2)Oc1ccc2c(=O)c(-c3ccccc3)coc2c1. The summed E-state index contributed by atoms with van der Waals surface area (Å²) in [6, 6.07) is 14.4. The lowest BCUT2D eigenvalue weighted by Gasteiger charge is -2.20. The molecule has 5 rings (SSSR count). The van der Waals surface area contributed by atoms with Crippen molar-refractivity contribution in [3.63, 3.8) is 0 Å². The molecular formula is C24H22O4. The molecule has 2 fully saturated rings. The van der Waals surface area contributed by atoms with Crippen molar-refractivity contribution in [1.29, 1.82) is 0 Å². The first-order chi connectivity index (χ1) is 13.7. The molecule has 0 N–H and O–H groups in total. The number of rotatable bonds is 4. The van der Waals surface area contributed by atoms with E-state index in [0.717, 1.165) is 17.9 Å². The molecular weight excluding hydrogens is 352 g/mol. The number of carbonyl (C=O) groups is 1. The van der Waals surface area contributed by atoms with Gasteiger partial charge in [-0.05, 0) is 54.7 Å². The van der Waals surface area contributed by atoms with Crippen LogP contribution in [0.25, 0.3) is 22.1 Å². The first-order valence-electron chi connectivity index (χ1n) is 9.99. The Morgan fingerprint density at radius 1 is 1.07 bits per heavy atom. The minimum Gasteiger partial charge on any atom is -0.463 e. The van der Waals surface area contributed by atoms with Crippen LogP contribution < -0.4 is 10.2 Å². The summed E-state index contributed by atoms with van der Waals surface area (Å²) in [5.41, 5.74) is 1.68. The summed E-state index contributed by atoms with van der Waals surface area (Å²) in [7, 11) is 0. The zero-order valence-electron chi connectivity index (χ0n) is 15.6. The number of carbonyl (C=O) groups excluding carboxylic acids is 1. The molecule has 2 aliphatic carbocycles. The van der Waals surface area contributed by atoms with E-state index in [4.69, 9.17) is 9.15 Å². The molecule has 0 aliphatic heterocycles. The lowest BCUT2D eigenvalue weighted by atomic mass is 9.86. The summed E-state index contributed by atoms with van der Waals surface area (Å²) in [5.74, 6) is 2.22. The van der Waals surface area contributed by atoms with Crippen molar-refractivity contribution in [2.24, 2.45) is 17.8 Å². The van der Waals surface area contributed by atoms with Gasteiger partial charge in [-0.3, -0.25) is 9.59 Å². The lowest BCUT2D eigenvalue weighted by molar-refractivity contribution is -0.135. The second-order valence-corrected chi connectivity index (χ2v) is 8.12. The predicted molar refractivity (Wildman–Crippen MR) is 107 cm³/mol. The van der Waals surface area contributed by atoms with Gasteiger partial charge in [0, 0.05) is 12.5 Å². The minimum atomic E-state index is -0.194. The second-order valence-electron chi connectivity index (χ2n) is 8.12. The third-order valence-electron chi connectivity index (χ3n) is 6.38. The van der Waals surface area contributed by atoms with E-state index in [1.165, 1.54) is 25.5 Å². The smallest absolute Gasteiger partial charge is 0.311 e. The maximum Gasteiger partial charge on any atom is 0.311 e. The van der Waals surface area contributed by atoms with Crippen molar-refractivity contribution in [1.82, 2.24) is 0 Å². The van der Waals surface area contributed by atoms with Crippen LogP contribution in [0.2, 0.25) is 0 Å². The van der Waals surface area contributed by atoms with Gasteiger partial charge >= 0.3 is 5.97 Å². The third kappa shape index (κ3) is 3.13. The van der Waals surface area contributed by atoms with Gasteiger partial charge in [-0.2, -0.15) is 0 Å². The van der Waals surface area contributed by atoms with Crippen LogP contribution in [-0.2, 0) is 4.79 Å². The van der Waals surface area contributed by atoms with E-state index in [0.29, 0.717) is 40.5 Å². The molecule has 0 unspecified atom stereocenters. The van der Waals surface area contributed by atoms with Crippen molar-refractivity contribution in [2.45, 2.75) is 32.1 Å². The number of ether oxygens (including phenoxy) is 1. The molecule has 4 nitrogen and oxygen atoms in total. The molecule has 1 aromatic heterocycles. The van der Waals surface area contributed by atoms with Gasteiger partial charge in [0.25, 0.3) is 0 Å². The summed E-state index contributed by atoms with van der Waals surface area (Å²) in [4.78, 5) is 25.2. The van der Waals surface area contributed by atoms with Gasteiger partial charge in [0.2, 0.25) is 0 Å². The summed E-state index contributed by atoms with van der Waals surface area (Å²) >= 11 is 0. The zero-order valence-corrected chi connectivity index (χ0v) is 15.6. The van der Waals surface area contributed by atoms with E-state index >= 15 is 0 Å². The van der Waals surface area contributed by atoms with Crippen LogP contribution in [0.15, 0.2) is 64.0 Å². The first kappa shape index (κ1) is 17.2. The third-order valence-corrected chi connectivity index (χ3v) is 6.38. The number of hydrogen-bond acceptors (Lipinski definition) is 4. The van der Waals surface area contributed by atoms with Crippen molar-refractivity contribution in [3.05, 3.63) is 65.0 Å². The van der Waals surface area contributed by atoms with E-state index < -0.39 is 0 Å². The van der Waals surface area contributed by atoms with Crippen LogP contribution in [0.3, 0.4) is 0 Å². The summed E-state index contributed by atoms with van der Waals surface area (Å²) in [6.45, 7) is 0. The molecule has 142 valence electrons. The number of fused-ring (bicyclic) bond motifs is 3. The van der Waals surface area contributed by atoms with Gasteiger partial charge < -0.3 is 9.15 Å². The highest BCUT2D eigenvalue weighted by molar-refractivity contribution is 5.83. The molecule has 0 radical (unpaired) electrons. The Labute approximate surface area is 163 Å². The van der Waals surface area contributed by atoms with Gasteiger partial charge in [-0.1, -0.05) is 36.8 Å². The van der Waals surface area contributed by atoms with Gasteiger partial charge in [0.15, 0.2) is 5.43 Å². The van der Waals surface area contributed by atoms with E-state index in [9.17, 15) is 9.59 Å². The van der Waals surface area contributed by atoms with Gasteiger partial charge in [-0.25, -0.2) is 0 Å². The van der Waals surface area contributed by atoms with E-state index in [1.54, 1.807) is 18.2 Å². The Bertz CT molecular complexity index is 1080. The van der Waals surface area contributed by atoms with Crippen LogP contribution in [-0.4, -0.2) is 5.97 Å². The van der Waals surface area contributed by atoms with Crippen molar-refractivity contribution in [3.8, 4) is 16.9 Å². The Morgan fingerprint density at radius 2 is 1.93 bits per heavy atom. The summed E-state index contributed by atoms with van der Waals surface area (Å²) in [6.07, 6.45) is 6.98. The van der Waals surface area contributed by atoms with Crippen LogP contribution >= 0.6 is 0 Å². The van der Waals surface area contributed by atoms with E-state index in [2.05, 4.69) is 0 Å². The van der Waals surface area contributed by atoms with Crippen LogP contribution in [0.4, 0.5) is 0 Å². The van der Waals surface area contributed by atoms with Crippen molar-refractivity contribution >= 4 is 16.9 Å². The average Bonchev–Trinajstić information content (AvgIpc) is 3.32. The fraction of sp³-hybridized carbons (Fsp3) is 0.333. The molecule has 2 bridgehead atoms. The zero-order chi connectivity index (χ0) is 19.1. The minimum absolute atomic E-state index is 0.0905. The van der Waals surface area contributed by atoms with Crippen LogP contribution in [0.1, 0.15) is 32.1 Å². The number of esters is 1. The largest absolute Gasteiger partial charge is 0.463 e. The molecule has 2 saturated carbocycles. The standard InChI is InChI=1S/C24H22O4/c25-23(12-18-11-15-6-7-17(18)10-15)28-19-8-9-20-22(13-19)27-14-21(24(20)26)16-4-2-1-3-5-16/h1-5,8-9,13-15,17-18H,6-7,10-12H2/t15-,17+,18-/m0/s1. The molecule has 4 heteroatoms. The van der Waals surface area contributed by atoms with Gasteiger partial charge in [0.1, 0.15) is 17.6 Å². The fourth-order valence-electron chi connectivity index (χ4n) is 5.00. The molecule has 2 aliphatic rings. The Kier molecular flexibility index (Phi) is 4.27. The maximum atomic E-state index is 12.8. The van der Waals surface area contributed by atoms with E-state index in [1.807, 2.05) is 30.3 Å². The molecule has 0 spiro atoms. The fourth-order valence-corrected chi connectivity index (χ4v) is 5.00. The molecule has 0 amide bonds. The Hall–Kier alpha value is -2.88. The molecule has 2 aromatic carbocycles. The predicted octanol–water partition coefficient (Wildman–Crippen LogP) is 5.19. The monoisotopic (exact) mass is 374 g/mol. The lowest BCUT2D eigenvalue weighted by Crippen LogP contribution is -2.18. The highest BCUT2D eigenvalue weighted by Crippen LogP contribution is 2.49. The molecule has 3 atom stereocenters. The molecule has 28 heavy (non-hydrogen) atoms. The topological polar surface area (TPSA) is 56.5 Å². The Balaban J connectivity index is 1.35. The number of benzene rings is 2. The molecule has 0 saturated heterocycles. The van der Waals surface area contributed by atoms with Crippen LogP contribution in [0, 0.1) is 17.8 Å². The molecule has 1 heterocycles. The normalized spacial score (nSPS) is 23.2. The maximum absolute atomic E-state index is 12.8. The van der Waals surface area contributed by atoms with Gasteiger partial charge in [-0.15, -0.1) is 0 Å². The van der Waals surface area contributed by atoms with Crippen molar-refractivity contribution < 1.29 is 13.9 Å². The Morgan fingerprint density at radius 3 is 2.68 bits per heavy atom. The van der Waals surface area contributed by atoms with Crippen LogP contribution in [0.5, 0.6) is 5.75 Å². The van der Waals surface area contributed by atoms with Crippen molar-refractivity contribution in [2.75, 3.05) is 0 Å². The van der Waals surface area contributed by atoms with E-state index in [-0.39, 0.29) is 11.4 Å². The summed E-state index contributed by atoms with van der Waals surface area (Å²) < 4.78 is 11.2. The highest BCUT2D eigenvalue weighted by atomic mass is 16.5. The first-order valence-corrected chi connectivity index (χ1v) is 9.99. The second kappa shape index (κ2) is 6.93. The molecule has 3 aromatic rings. The summed E-state index contributed by atoms with van der Waals surface area (Å²) in [5, 5.41) is 0.481. The highest BCUT2D eigenvalue weighted by Gasteiger charge is 2.40. The number of hydrogen-bond donors (Lipinski definition) is 0.